The highest BCUT2D eigenvalue weighted by atomic mass is 16.6. The van der Waals surface area contributed by atoms with E-state index in [1.54, 1.807) is 7.11 Å². The molecule has 1 aromatic rings. The molecule has 6 nitrogen and oxygen atoms in total. The number of rotatable bonds is 8. The van der Waals surface area contributed by atoms with E-state index in [1.165, 1.54) is 11.3 Å². The first-order chi connectivity index (χ1) is 13.7. The van der Waals surface area contributed by atoms with Crippen LogP contribution in [0.3, 0.4) is 0 Å². The van der Waals surface area contributed by atoms with Crippen molar-refractivity contribution in [3.05, 3.63) is 23.8 Å². The van der Waals surface area contributed by atoms with Gasteiger partial charge < -0.3 is 24.4 Å². The van der Waals surface area contributed by atoms with Crippen LogP contribution in [0.2, 0.25) is 0 Å². The number of carbonyl (C=O) groups is 1. The molecule has 0 atom stereocenters. The Hall–Kier alpha value is -1.95. The highest BCUT2D eigenvalue weighted by Gasteiger charge is 2.28. The number of nitrogens with zero attached hydrogens (tertiary/aromatic N) is 1. The fourth-order valence-electron chi connectivity index (χ4n) is 3.86. The zero-order valence-electron chi connectivity index (χ0n) is 18.9. The van der Waals surface area contributed by atoms with E-state index in [9.17, 15) is 4.79 Å². The summed E-state index contributed by atoms with van der Waals surface area (Å²) in [6.45, 7) is 12.1. The number of carbonyl (C=O) groups excluding carboxylic acids is 1. The van der Waals surface area contributed by atoms with Gasteiger partial charge in [-0.15, -0.1) is 0 Å². The number of nitrogens with one attached hydrogen (secondary N) is 1. The molecule has 0 bridgehead atoms. The lowest BCUT2D eigenvalue weighted by Crippen LogP contribution is -2.45. The lowest BCUT2D eigenvalue weighted by atomic mass is 9.89. The number of hydrogen-bond donors (Lipinski definition) is 1. The molecule has 0 saturated heterocycles. The van der Waals surface area contributed by atoms with Crippen molar-refractivity contribution in [2.45, 2.75) is 78.0 Å². The van der Waals surface area contributed by atoms with Gasteiger partial charge >= 0.3 is 6.09 Å². The van der Waals surface area contributed by atoms with Crippen LogP contribution in [0.25, 0.3) is 0 Å². The van der Waals surface area contributed by atoms with E-state index in [1.807, 2.05) is 26.8 Å². The molecule has 1 aromatic carbocycles. The largest absolute Gasteiger partial charge is 0.491 e. The number of hydrogen-bond acceptors (Lipinski definition) is 5. The van der Waals surface area contributed by atoms with E-state index >= 15 is 0 Å². The normalized spacial score (nSPS) is 19.5. The third-order valence-electron chi connectivity index (χ3n) is 5.25. The Balaban J connectivity index is 1.96. The van der Waals surface area contributed by atoms with Gasteiger partial charge in [-0.3, -0.25) is 0 Å². The Morgan fingerprint density at radius 2 is 1.86 bits per heavy atom. The van der Waals surface area contributed by atoms with Crippen molar-refractivity contribution in [2.24, 2.45) is 0 Å². The molecule has 0 radical (unpaired) electrons. The van der Waals surface area contributed by atoms with Gasteiger partial charge in [0.2, 0.25) is 0 Å². The van der Waals surface area contributed by atoms with Crippen molar-refractivity contribution in [1.82, 2.24) is 5.32 Å². The number of benzene rings is 1. The Kier molecular flexibility index (Phi) is 8.62. The Labute approximate surface area is 175 Å². The summed E-state index contributed by atoms with van der Waals surface area (Å²) >= 11 is 0. The minimum Gasteiger partial charge on any atom is -0.491 e. The maximum absolute atomic E-state index is 12.0. The van der Waals surface area contributed by atoms with E-state index in [4.69, 9.17) is 14.2 Å². The average Bonchev–Trinajstić information content (AvgIpc) is 2.64. The van der Waals surface area contributed by atoms with Crippen LogP contribution in [0.1, 0.15) is 58.9 Å². The smallest absolute Gasteiger partial charge is 0.407 e. The standard InChI is InChI=1S/C23H38N2O4/c1-7-25(21-16-20(13-8-17(21)2)28-15-14-27-6)19-11-9-18(10-12-19)24-22(26)29-23(3,4)5/h8,13,16,18-19H,7,9-12,14-15H2,1-6H3,(H,24,26). The lowest BCUT2D eigenvalue weighted by Gasteiger charge is -2.39. The van der Waals surface area contributed by atoms with Gasteiger partial charge in [0, 0.05) is 37.5 Å². The van der Waals surface area contributed by atoms with E-state index in [-0.39, 0.29) is 12.1 Å². The summed E-state index contributed by atoms with van der Waals surface area (Å²) in [4.78, 5) is 14.5. The van der Waals surface area contributed by atoms with Crippen molar-refractivity contribution in [2.75, 3.05) is 31.8 Å². The summed E-state index contributed by atoms with van der Waals surface area (Å²) < 4.78 is 16.3. The zero-order valence-corrected chi connectivity index (χ0v) is 18.9. The maximum Gasteiger partial charge on any atom is 0.407 e. The van der Waals surface area contributed by atoms with Crippen molar-refractivity contribution < 1.29 is 19.0 Å². The number of ether oxygens (including phenoxy) is 3. The number of amides is 1. The minimum atomic E-state index is -0.464. The summed E-state index contributed by atoms with van der Waals surface area (Å²) in [5.74, 6) is 0.876. The van der Waals surface area contributed by atoms with Gasteiger partial charge in [-0.2, -0.15) is 0 Å². The van der Waals surface area contributed by atoms with E-state index in [0.29, 0.717) is 19.3 Å². The number of anilines is 1. The minimum absolute atomic E-state index is 0.185. The van der Waals surface area contributed by atoms with E-state index in [0.717, 1.165) is 38.0 Å². The first-order valence-electron chi connectivity index (χ1n) is 10.7. The van der Waals surface area contributed by atoms with Crippen molar-refractivity contribution >= 4 is 11.8 Å². The van der Waals surface area contributed by atoms with Crippen molar-refractivity contribution in [3.63, 3.8) is 0 Å². The molecule has 1 N–H and O–H groups in total. The summed E-state index contributed by atoms with van der Waals surface area (Å²) in [5.41, 5.74) is 2.01. The number of aryl methyl sites for hydroxylation is 1. The van der Waals surface area contributed by atoms with Gasteiger partial charge in [-0.05, 0) is 71.9 Å². The molecule has 1 amide bonds. The summed E-state index contributed by atoms with van der Waals surface area (Å²) in [7, 11) is 1.68. The average molecular weight is 407 g/mol. The topological polar surface area (TPSA) is 60.0 Å². The van der Waals surface area contributed by atoms with Gasteiger partial charge in [-0.1, -0.05) is 6.07 Å². The Morgan fingerprint density at radius 3 is 2.45 bits per heavy atom. The van der Waals surface area contributed by atoms with Gasteiger partial charge in [-0.25, -0.2) is 4.79 Å². The molecule has 0 aromatic heterocycles. The van der Waals surface area contributed by atoms with Crippen LogP contribution in [0.5, 0.6) is 5.75 Å². The molecule has 0 heterocycles. The van der Waals surface area contributed by atoms with E-state index in [2.05, 4.69) is 36.2 Å². The summed E-state index contributed by atoms with van der Waals surface area (Å²) in [6.07, 6.45) is 3.70. The van der Waals surface area contributed by atoms with Gasteiger partial charge in [0.1, 0.15) is 18.0 Å². The molecule has 1 saturated carbocycles. The zero-order chi connectivity index (χ0) is 21.4. The van der Waals surface area contributed by atoms with Crippen LogP contribution in [-0.2, 0) is 9.47 Å². The molecule has 6 heteroatoms. The molecule has 29 heavy (non-hydrogen) atoms. The highest BCUT2D eigenvalue weighted by molar-refractivity contribution is 5.68. The predicted molar refractivity (Wildman–Crippen MR) is 117 cm³/mol. The van der Waals surface area contributed by atoms with Gasteiger partial charge in [0.05, 0.1) is 6.61 Å². The third-order valence-corrected chi connectivity index (χ3v) is 5.25. The first kappa shape index (κ1) is 23.3. The highest BCUT2D eigenvalue weighted by Crippen LogP contribution is 2.32. The van der Waals surface area contributed by atoms with Crippen LogP contribution in [-0.4, -0.2) is 50.6 Å². The van der Waals surface area contributed by atoms with E-state index < -0.39 is 5.60 Å². The van der Waals surface area contributed by atoms with Crippen LogP contribution in [0.4, 0.5) is 10.5 Å². The summed E-state index contributed by atoms with van der Waals surface area (Å²) in [6, 6.07) is 6.92. The fourth-order valence-corrected chi connectivity index (χ4v) is 3.86. The monoisotopic (exact) mass is 406 g/mol. The Morgan fingerprint density at radius 1 is 1.17 bits per heavy atom. The number of methoxy groups -OCH3 is 1. The fraction of sp³-hybridized carbons (Fsp3) is 0.696. The van der Waals surface area contributed by atoms with Crippen molar-refractivity contribution in [1.29, 1.82) is 0 Å². The Bertz CT molecular complexity index is 649. The second kappa shape index (κ2) is 10.7. The second-order valence-electron chi connectivity index (χ2n) is 8.73. The first-order valence-corrected chi connectivity index (χ1v) is 10.7. The molecule has 0 unspecified atom stereocenters. The van der Waals surface area contributed by atoms with Crippen LogP contribution < -0.4 is 15.0 Å². The molecule has 1 aliphatic rings. The van der Waals surface area contributed by atoms with Crippen LogP contribution in [0.15, 0.2) is 18.2 Å². The molecular weight excluding hydrogens is 368 g/mol. The molecule has 0 aliphatic heterocycles. The molecule has 1 fully saturated rings. The molecule has 2 rings (SSSR count). The summed E-state index contributed by atoms with van der Waals surface area (Å²) in [5, 5.41) is 3.03. The molecular formula is C23H38N2O4. The maximum atomic E-state index is 12.0. The third kappa shape index (κ3) is 7.42. The van der Waals surface area contributed by atoms with Crippen LogP contribution >= 0.6 is 0 Å². The molecule has 0 spiro atoms. The van der Waals surface area contributed by atoms with Crippen LogP contribution in [0, 0.1) is 6.92 Å². The second-order valence-corrected chi connectivity index (χ2v) is 8.73. The van der Waals surface area contributed by atoms with Gasteiger partial charge in [0.15, 0.2) is 0 Å². The molecule has 164 valence electrons. The lowest BCUT2D eigenvalue weighted by molar-refractivity contribution is 0.0491. The van der Waals surface area contributed by atoms with Crippen molar-refractivity contribution in [3.8, 4) is 5.75 Å². The predicted octanol–water partition coefficient (Wildman–Crippen LogP) is 4.68. The van der Waals surface area contributed by atoms with Gasteiger partial charge in [0.25, 0.3) is 0 Å². The number of alkyl carbamates (subject to hydrolysis) is 1. The molecule has 1 aliphatic carbocycles. The SMILES string of the molecule is CCN(c1cc(OCCOC)ccc1C)C1CCC(NC(=O)OC(C)(C)C)CC1. The quantitative estimate of drug-likeness (QED) is 0.635.